The Kier molecular flexibility index (Phi) is 7.48. The van der Waals surface area contributed by atoms with Crippen molar-refractivity contribution in [3.8, 4) is 17.2 Å². The molecular formula is C27H28F3N5O5S. The van der Waals surface area contributed by atoms with Crippen molar-refractivity contribution in [3.05, 3.63) is 72.8 Å². The number of aliphatic hydroxyl groups is 1. The van der Waals surface area contributed by atoms with E-state index in [4.69, 9.17) is 9.52 Å². The molecule has 2 aliphatic rings. The number of hydrogen-bond acceptors (Lipinski definition) is 7. The molecule has 1 fully saturated rings. The molecule has 41 heavy (non-hydrogen) atoms. The summed E-state index contributed by atoms with van der Waals surface area (Å²) >= 11 is 0. The number of para-hydroxylation sites is 4. The number of hydrogen-bond donors (Lipinski definition) is 3. The second-order valence-electron chi connectivity index (χ2n) is 9.85. The van der Waals surface area contributed by atoms with Crippen molar-refractivity contribution >= 4 is 27.3 Å². The number of piperidine rings is 1. The third-order valence-electron chi connectivity index (χ3n) is 6.79. The Morgan fingerprint density at radius 3 is 2.12 bits per heavy atom. The standard InChI is InChI=1S/C27H28F3N5O5S/c1-33(2)26(37)34-15-19(32-41(31,38)18-13-11-17(12-14-18)40-27(28,29)30)25(36)22(16-34)35-20-7-3-5-9-23(20)39-24-10-6-4-8-21(24)35/h3-14,19,22,25,36H,15-16H2,1-2H3,(H2,31,32,38). The van der Waals surface area contributed by atoms with Crippen LogP contribution in [0.3, 0.4) is 0 Å². The summed E-state index contributed by atoms with van der Waals surface area (Å²) in [5.41, 5.74) is 1.31. The summed E-state index contributed by atoms with van der Waals surface area (Å²) in [4.78, 5) is 17.8. The molecule has 5 rings (SSSR count). The topological polar surface area (TPSA) is 118 Å². The Balaban J connectivity index is 1.49. The van der Waals surface area contributed by atoms with E-state index in [-0.39, 0.29) is 24.0 Å². The Morgan fingerprint density at radius 2 is 1.59 bits per heavy atom. The fourth-order valence-corrected chi connectivity index (χ4v) is 6.30. The third kappa shape index (κ3) is 5.89. The van der Waals surface area contributed by atoms with Crippen molar-refractivity contribution < 1.29 is 36.8 Å². The van der Waals surface area contributed by atoms with E-state index in [2.05, 4.69) is 9.46 Å². The van der Waals surface area contributed by atoms with Gasteiger partial charge in [0.1, 0.15) is 15.7 Å². The molecule has 0 saturated carbocycles. The molecule has 4 unspecified atom stereocenters. The zero-order chi connectivity index (χ0) is 29.5. The van der Waals surface area contributed by atoms with Crippen molar-refractivity contribution in [1.82, 2.24) is 14.5 Å². The quantitative estimate of drug-likeness (QED) is 0.401. The molecule has 10 nitrogen and oxygen atoms in total. The van der Waals surface area contributed by atoms with Crippen molar-refractivity contribution in [2.24, 2.45) is 0 Å². The number of carbonyl (C=O) groups excluding carboxylic acids is 1. The molecule has 0 aliphatic carbocycles. The van der Waals surface area contributed by atoms with Gasteiger partial charge in [0, 0.05) is 27.2 Å². The molecule has 2 aliphatic heterocycles. The molecule has 3 aromatic carbocycles. The number of likely N-dealkylation sites (tertiary alicyclic amines) is 1. The second kappa shape index (κ2) is 10.8. The van der Waals surface area contributed by atoms with Gasteiger partial charge in [-0.05, 0) is 48.5 Å². The first-order valence-corrected chi connectivity index (χ1v) is 14.1. The van der Waals surface area contributed by atoms with Crippen molar-refractivity contribution in [2.75, 3.05) is 32.1 Å². The lowest BCUT2D eigenvalue weighted by Crippen LogP contribution is -2.66. The smallest absolute Gasteiger partial charge is 0.453 e. The maximum atomic E-state index is 13.5. The van der Waals surface area contributed by atoms with E-state index in [1.807, 2.05) is 41.3 Å². The minimum absolute atomic E-state index is 0.0759. The number of alkyl halides is 3. The number of ether oxygens (including phenoxy) is 2. The van der Waals surface area contributed by atoms with Crippen LogP contribution in [0.5, 0.6) is 17.2 Å². The fourth-order valence-electron chi connectivity index (χ4n) is 5.01. The molecule has 0 aromatic heterocycles. The van der Waals surface area contributed by atoms with E-state index >= 15 is 0 Å². The molecule has 4 atom stereocenters. The number of nitrogens with one attached hydrogen (secondary N) is 2. The summed E-state index contributed by atoms with van der Waals surface area (Å²) in [6.07, 6.45) is -6.14. The predicted molar refractivity (Wildman–Crippen MR) is 145 cm³/mol. The Bertz CT molecular complexity index is 1490. The van der Waals surface area contributed by atoms with E-state index in [1.54, 1.807) is 26.2 Å². The summed E-state index contributed by atoms with van der Waals surface area (Å²) in [6.45, 7) is 0.0230. The normalized spacial score (nSPS) is 21.7. The van der Waals surface area contributed by atoms with E-state index in [0.717, 1.165) is 24.3 Å². The van der Waals surface area contributed by atoms with Crippen molar-refractivity contribution in [1.29, 1.82) is 4.78 Å². The number of fused-ring (bicyclic) bond motifs is 2. The van der Waals surface area contributed by atoms with Crippen LogP contribution in [0, 0.1) is 4.78 Å². The number of amides is 2. The number of halogens is 3. The number of carbonyl (C=O) groups is 1. The van der Waals surface area contributed by atoms with Gasteiger partial charge in [-0.25, -0.2) is 18.5 Å². The van der Waals surface area contributed by atoms with Crippen LogP contribution in [0.2, 0.25) is 0 Å². The highest BCUT2D eigenvalue weighted by atomic mass is 32.2. The maximum absolute atomic E-state index is 13.5. The second-order valence-corrected chi connectivity index (χ2v) is 11.7. The first kappa shape index (κ1) is 28.5. The van der Waals surface area contributed by atoms with E-state index in [9.17, 15) is 27.3 Å². The van der Waals surface area contributed by atoms with Crippen LogP contribution < -0.4 is 19.1 Å². The first-order chi connectivity index (χ1) is 19.3. The zero-order valence-corrected chi connectivity index (χ0v) is 22.9. The van der Waals surface area contributed by atoms with Gasteiger partial charge in [0.2, 0.25) is 0 Å². The summed E-state index contributed by atoms with van der Waals surface area (Å²) in [7, 11) is -0.668. The van der Waals surface area contributed by atoms with Gasteiger partial charge in [0.05, 0.1) is 34.5 Å². The number of urea groups is 1. The Morgan fingerprint density at radius 1 is 1.02 bits per heavy atom. The van der Waals surface area contributed by atoms with E-state index in [0.29, 0.717) is 22.9 Å². The lowest BCUT2D eigenvalue weighted by molar-refractivity contribution is -0.274. The molecule has 14 heteroatoms. The van der Waals surface area contributed by atoms with Gasteiger partial charge in [0.15, 0.2) is 11.5 Å². The molecule has 0 radical (unpaired) electrons. The van der Waals surface area contributed by atoms with Gasteiger partial charge in [-0.2, -0.15) is 0 Å². The summed E-state index contributed by atoms with van der Waals surface area (Å²) < 4.78 is 72.3. The van der Waals surface area contributed by atoms with Crippen molar-refractivity contribution in [2.45, 2.75) is 29.4 Å². The van der Waals surface area contributed by atoms with Crippen LogP contribution in [-0.4, -0.2) is 76.9 Å². The molecule has 0 bridgehead atoms. The predicted octanol–water partition coefficient (Wildman–Crippen LogP) is 4.53. The molecule has 0 spiro atoms. The van der Waals surface area contributed by atoms with Gasteiger partial charge in [-0.1, -0.05) is 24.3 Å². The Labute approximate surface area is 235 Å². The summed E-state index contributed by atoms with van der Waals surface area (Å²) in [6, 6.07) is 16.4. The molecule has 2 heterocycles. The van der Waals surface area contributed by atoms with Gasteiger partial charge in [0.25, 0.3) is 0 Å². The highest BCUT2D eigenvalue weighted by molar-refractivity contribution is 7.90. The SMILES string of the molecule is CN(C)C(=O)N1CC(NS(=N)(=O)c2ccc(OC(F)(F)F)cc2)C(O)C(N2c3ccccc3Oc3ccccc32)C1. The van der Waals surface area contributed by atoms with Crippen LogP contribution in [0.15, 0.2) is 77.7 Å². The third-order valence-corrected chi connectivity index (χ3v) is 8.36. The van der Waals surface area contributed by atoms with Crippen LogP contribution in [0.25, 0.3) is 0 Å². The monoisotopic (exact) mass is 591 g/mol. The van der Waals surface area contributed by atoms with Gasteiger partial charge < -0.3 is 29.3 Å². The first-order valence-electron chi connectivity index (χ1n) is 12.6. The number of nitrogens with zero attached hydrogens (tertiary/aromatic N) is 3. The lowest BCUT2D eigenvalue weighted by atomic mass is 9.94. The van der Waals surface area contributed by atoms with E-state index < -0.39 is 40.2 Å². The van der Waals surface area contributed by atoms with E-state index in [1.165, 1.54) is 9.80 Å². The fraction of sp³-hybridized carbons (Fsp3) is 0.296. The summed E-state index contributed by atoms with van der Waals surface area (Å²) in [5.74, 6) is 0.565. The van der Waals surface area contributed by atoms with Gasteiger partial charge in [-0.15, -0.1) is 13.2 Å². The number of rotatable bonds is 5. The lowest BCUT2D eigenvalue weighted by Gasteiger charge is -2.48. The van der Waals surface area contributed by atoms with Gasteiger partial charge in [-0.3, -0.25) is 0 Å². The zero-order valence-electron chi connectivity index (χ0n) is 22.0. The molecule has 2 amide bonds. The van der Waals surface area contributed by atoms with Crippen LogP contribution >= 0.6 is 0 Å². The average molecular weight is 592 g/mol. The molecule has 1 saturated heterocycles. The average Bonchev–Trinajstić information content (AvgIpc) is 2.92. The molecule has 3 N–H and O–H groups in total. The maximum Gasteiger partial charge on any atom is 0.573 e. The number of benzene rings is 3. The largest absolute Gasteiger partial charge is 0.573 e. The highest BCUT2D eigenvalue weighted by Crippen LogP contribution is 2.48. The minimum Gasteiger partial charge on any atom is -0.453 e. The number of aliphatic hydroxyl groups excluding tert-OH is 1. The Hall–Kier alpha value is -4.01. The number of anilines is 2. The van der Waals surface area contributed by atoms with Crippen LogP contribution in [-0.2, 0) is 9.92 Å². The molecule has 3 aromatic rings. The minimum atomic E-state index is -4.90. The highest BCUT2D eigenvalue weighted by Gasteiger charge is 2.44. The van der Waals surface area contributed by atoms with Crippen LogP contribution in [0.4, 0.5) is 29.3 Å². The molecule has 218 valence electrons. The molecular weight excluding hydrogens is 563 g/mol. The van der Waals surface area contributed by atoms with Gasteiger partial charge >= 0.3 is 12.4 Å². The van der Waals surface area contributed by atoms with Crippen LogP contribution in [0.1, 0.15) is 0 Å². The van der Waals surface area contributed by atoms with Crippen molar-refractivity contribution in [3.63, 3.8) is 0 Å². The summed E-state index contributed by atoms with van der Waals surface area (Å²) in [5, 5.41) is 11.7.